The molecule has 1 aromatic carbocycles. The number of amides is 1. The Balaban J connectivity index is 2.79. The normalized spacial score (nSPS) is 12.4. The van der Waals surface area contributed by atoms with Crippen LogP contribution in [0.1, 0.15) is 18.9 Å². The van der Waals surface area contributed by atoms with E-state index in [9.17, 15) is 32.9 Å². The summed E-state index contributed by atoms with van der Waals surface area (Å²) in [6, 6.07) is 0.959. The molecule has 0 aromatic heterocycles. The lowest BCUT2D eigenvalue weighted by Crippen LogP contribution is -2.40. The van der Waals surface area contributed by atoms with Crippen molar-refractivity contribution in [2.45, 2.75) is 25.6 Å². The predicted molar refractivity (Wildman–Crippen MR) is 81.1 cm³/mol. The van der Waals surface area contributed by atoms with Gasteiger partial charge in [0, 0.05) is 26.1 Å². The van der Waals surface area contributed by atoms with Gasteiger partial charge in [-0.1, -0.05) is 0 Å². The molecule has 0 saturated heterocycles. The van der Waals surface area contributed by atoms with E-state index in [0.717, 1.165) is 11.0 Å². The van der Waals surface area contributed by atoms with Crippen molar-refractivity contribution in [1.82, 2.24) is 4.90 Å². The maximum atomic E-state index is 12.6. The lowest BCUT2D eigenvalue weighted by Gasteiger charge is -2.21. The van der Waals surface area contributed by atoms with E-state index >= 15 is 0 Å². The number of nitrogens with one attached hydrogen (secondary N) is 1. The van der Waals surface area contributed by atoms with Crippen LogP contribution >= 0.6 is 0 Å². The summed E-state index contributed by atoms with van der Waals surface area (Å²) in [6.07, 6.45) is -4.90. The van der Waals surface area contributed by atoms with Crippen LogP contribution in [-0.4, -0.2) is 46.4 Å². The van der Waals surface area contributed by atoms with Crippen LogP contribution in [0.25, 0.3) is 0 Å². The Labute approximate surface area is 140 Å². The molecule has 11 heteroatoms. The maximum absolute atomic E-state index is 12.6. The molecule has 1 atom stereocenters. The lowest BCUT2D eigenvalue weighted by molar-refractivity contribution is -0.384. The number of hydrogen-bond acceptors (Lipinski definition) is 5. The highest BCUT2D eigenvalue weighted by Crippen LogP contribution is 2.34. The number of likely N-dealkylation sites (N-methyl/N-ethyl adjacent to an activating group) is 1. The van der Waals surface area contributed by atoms with Crippen LogP contribution in [0, 0.1) is 10.1 Å². The molecular weight excluding hydrogens is 347 g/mol. The van der Waals surface area contributed by atoms with Crippen molar-refractivity contribution >= 4 is 23.3 Å². The molecule has 8 nitrogen and oxygen atoms in total. The molecule has 1 amide bonds. The summed E-state index contributed by atoms with van der Waals surface area (Å²) in [6.45, 7) is 1.20. The number of hydrogen-bond donors (Lipinski definition) is 2. The van der Waals surface area contributed by atoms with Gasteiger partial charge in [-0.15, -0.1) is 0 Å². The predicted octanol–water partition coefficient (Wildman–Crippen LogP) is 2.35. The third-order valence-electron chi connectivity index (χ3n) is 3.51. The van der Waals surface area contributed by atoms with Crippen LogP contribution in [-0.2, 0) is 15.8 Å². The Hall–Kier alpha value is -2.85. The number of benzene rings is 1. The second kappa shape index (κ2) is 7.81. The van der Waals surface area contributed by atoms with Crippen LogP contribution in [0.5, 0.6) is 0 Å². The molecule has 0 fully saturated rings. The van der Waals surface area contributed by atoms with Crippen LogP contribution < -0.4 is 5.32 Å². The first-order valence-corrected chi connectivity index (χ1v) is 7.03. The van der Waals surface area contributed by atoms with E-state index in [-0.39, 0.29) is 18.7 Å². The Kier molecular flexibility index (Phi) is 6.31. The van der Waals surface area contributed by atoms with Crippen LogP contribution in [0.2, 0.25) is 0 Å². The second-order valence-corrected chi connectivity index (χ2v) is 5.18. The summed E-state index contributed by atoms with van der Waals surface area (Å²) in [7, 11) is 1.29. The van der Waals surface area contributed by atoms with E-state index in [2.05, 4.69) is 5.32 Å². The molecule has 0 aliphatic rings. The molecule has 0 spiro atoms. The van der Waals surface area contributed by atoms with E-state index in [4.69, 9.17) is 5.11 Å². The number of alkyl halides is 3. The topological polar surface area (TPSA) is 113 Å². The van der Waals surface area contributed by atoms with Crippen molar-refractivity contribution in [3.05, 3.63) is 33.9 Å². The zero-order chi connectivity index (χ0) is 19.4. The number of nitro benzene ring substituents is 1. The highest BCUT2D eigenvalue weighted by Gasteiger charge is 2.33. The van der Waals surface area contributed by atoms with Crippen molar-refractivity contribution in [3.63, 3.8) is 0 Å². The third kappa shape index (κ3) is 5.33. The van der Waals surface area contributed by atoms with Gasteiger partial charge in [-0.2, -0.15) is 13.2 Å². The van der Waals surface area contributed by atoms with Crippen molar-refractivity contribution in [2.75, 3.05) is 18.9 Å². The van der Waals surface area contributed by atoms with Gasteiger partial charge in [0.05, 0.1) is 10.5 Å². The van der Waals surface area contributed by atoms with Gasteiger partial charge in [-0.25, -0.2) is 4.79 Å². The summed E-state index contributed by atoms with van der Waals surface area (Å²) in [5, 5.41) is 22.3. The highest BCUT2D eigenvalue weighted by molar-refractivity contribution is 5.83. The van der Waals surface area contributed by atoms with Crippen LogP contribution in [0.4, 0.5) is 24.5 Å². The average molecular weight is 363 g/mol. The summed E-state index contributed by atoms with van der Waals surface area (Å²) >= 11 is 0. The van der Waals surface area contributed by atoms with E-state index in [1.807, 2.05) is 0 Å². The van der Waals surface area contributed by atoms with Gasteiger partial charge in [0.2, 0.25) is 5.91 Å². The number of carbonyl (C=O) groups is 2. The first-order valence-electron chi connectivity index (χ1n) is 7.03. The Morgan fingerprint density at radius 2 is 2.00 bits per heavy atom. The van der Waals surface area contributed by atoms with Gasteiger partial charge >= 0.3 is 12.1 Å². The number of halogens is 3. The molecule has 2 N–H and O–H groups in total. The quantitative estimate of drug-likeness (QED) is 0.568. The van der Waals surface area contributed by atoms with Gasteiger partial charge < -0.3 is 15.3 Å². The molecule has 0 saturated carbocycles. The average Bonchev–Trinajstić information content (AvgIpc) is 2.52. The summed E-state index contributed by atoms with van der Waals surface area (Å²) in [5.74, 6) is -1.72. The van der Waals surface area contributed by atoms with Crippen molar-refractivity contribution in [2.24, 2.45) is 0 Å². The lowest BCUT2D eigenvalue weighted by atomic mass is 10.1. The van der Waals surface area contributed by atoms with Gasteiger partial charge in [0.15, 0.2) is 0 Å². The standard InChI is InChI=1S/C14H16F3N3O5/c1-8(13(22)23)19(2)12(21)5-6-18-10-4-3-9(14(15,16)17)7-11(10)20(24)25/h3-4,7-8,18H,5-6H2,1-2H3,(H,22,23). The van der Waals surface area contributed by atoms with Crippen molar-refractivity contribution in [3.8, 4) is 0 Å². The molecule has 138 valence electrons. The van der Waals surface area contributed by atoms with E-state index in [1.165, 1.54) is 14.0 Å². The van der Waals surface area contributed by atoms with Crippen LogP contribution in [0.3, 0.4) is 0 Å². The molecule has 1 aromatic rings. The fraction of sp³-hybridized carbons (Fsp3) is 0.429. The molecule has 0 aliphatic carbocycles. The van der Waals surface area contributed by atoms with E-state index in [0.29, 0.717) is 12.1 Å². The molecule has 0 radical (unpaired) electrons. The number of nitro groups is 1. The monoisotopic (exact) mass is 363 g/mol. The highest BCUT2D eigenvalue weighted by atomic mass is 19.4. The number of carboxylic acid groups (broad SMARTS) is 1. The minimum atomic E-state index is -4.71. The second-order valence-electron chi connectivity index (χ2n) is 5.18. The van der Waals surface area contributed by atoms with Gasteiger partial charge in [0.1, 0.15) is 11.7 Å². The van der Waals surface area contributed by atoms with E-state index in [1.54, 1.807) is 0 Å². The summed E-state index contributed by atoms with van der Waals surface area (Å²) in [5.41, 5.74) is -2.09. The number of aliphatic carboxylic acids is 1. The summed E-state index contributed by atoms with van der Waals surface area (Å²) in [4.78, 5) is 33.6. The van der Waals surface area contributed by atoms with Gasteiger partial charge in [0.25, 0.3) is 5.69 Å². The van der Waals surface area contributed by atoms with Gasteiger partial charge in [-0.05, 0) is 19.1 Å². The SMILES string of the molecule is CC(C(=O)O)N(C)C(=O)CCNc1ccc(C(F)(F)F)cc1[N+](=O)[O-]. The molecule has 0 bridgehead atoms. The van der Waals surface area contributed by atoms with Gasteiger partial charge in [-0.3, -0.25) is 14.9 Å². The third-order valence-corrected chi connectivity index (χ3v) is 3.51. The number of carboxylic acids is 1. The Morgan fingerprint density at radius 3 is 2.48 bits per heavy atom. The van der Waals surface area contributed by atoms with Crippen molar-refractivity contribution in [1.29, 1.82) is 0 Å². The van der Waals surface area contributed by atoms with Crippen molar-refractivity contribution < 1.29 is 32.8 Å². The fourth-order valence-electron chi connectivity index (χ4n) is 1.87. The maximum Gasteiger partial charge on any atom is 0.416 e. The first kappa shape index (κ1) is 20.2. The largest absolute Gasteiger partial charge is 0.480 e. The Morgan fingerprint density at radius 1 is 1.40 bits per heavy atom. The summed E-state index contributed by atoms with van der Waals surface area (Å²) < 4.78 is 37.8. The zero-order valence-electron chi connectivity index (χ0n) is 13.3. The minimum absolute atomic E-state index is 0.109. The number of rotatable bonds is 7. The molecule has 0 aliphatic heterocycles. The fourth-order valence-corrected chi connectivity index (χ4v) is 1.87. The molecule has 25 heavy (non-hydrogen) atoms. The molecule has 1 rings (SSSR count). The van der Waals surface area contributed by atoms with Crippen LogP contribution in [0.15, 0.2) is 18.2 Å². The number of nitrogens with zero attached hydrogens (tertiary/aromatic N) is 2. The zero-order valence-corrected chi connectivity index (χ0v) is 13.3. The first-order chi connectivity index (χ1) is 11.4. The molecule has 0 heterocycles. The Bertz CT molecular complexity index is 678. The number of anilines is 1. The minimum Gasteiger partial charge on any atom is -0.480 e. The number of carbonyl (C=O) groups excluding carboxylic acids is 1. The smallest absolute Gasteiger partial charge is 0.416 e. The molecule has 1 unspecified atom stereocenters. The van der Waals surface area contributed by atoms with E-state index < -0.39 is 40.3 Å². The molecular formula is C14H16F3N3O5.